The summed E-state index contributed by atoms with van der Waals surface area (Å²) < 4.78 is 1.67. The van der Waals surface area contributed by atoms with Gasteiger partial charge in [-0.3, -0.25) is 14.2 Å². The second kappa shape index (κ2) is 7.36. The van der Waals surface area contributed by atoms with E-state index in [0.29, 0.717) is 23.6 Å². The third-order valence-electron chi connectivity index (χ3n) is 4.77. The molecule has 2 N–H and O–H groups in total. The Kier molecular flexibility index (Phi) is 4.75. The van der Waals surface area contributed by atoms with Crippen molar-refractivity contribution in [1.82, 2.24) is 24.9 Å². The van der Waals surface area contributed by atoms with Gasteiger partial charge in [0.2, 0.25) is 0 Å². The Morgan fingerprint density at radius 2 is 1.96 bits per heavy atom. The number of aromatic nitrogens is 4. The zero-order valence-electron chi connectivity index (χ0n) is 15.7. The number of carbonyl (C=O) groups excluding carboxylic acids is 1. The molecule has 3 aromatic heterocycles. The largest absolute Gasteiger partial charge is 0.385 e. The lowest BCUT2D eigenvalue weighted by Gasteiger charge is -2.13. The monoisotopic (exact) mass is 375 g/mol. The SMILES string of the molecule is CC(C)C(O)c1nnc2ccc(C(=O)NCc3ccnc4ccccc34)cn12. The Morgan fingerprint density at radius 1 is 1.14 bits per heavy atom. The molecule has 1 atom stereocenters. The molecule has 0 aliphatic heterocycles. The van der Waals surface area contributed by atoms with E-state index >= 15 is 0 Å². The van der Waals surface area contributed by atoms with Crippen molar-refractivity contribution in [3.8, 4) is 0 Å². The molecule has 28 heavy (non-hydrogen) atoms. The first-order valence-corrected chi connectivity index (χ1v) is 9.18. The fourth-order valence-electron chi connectivity index (χ4n) is 3.13. The Bertz CT molecular complexity index is 1150. The van der Waals surface area contributed by atoms with Gasteiger partial charge in [-0.2, -0.15) is 0 Å². The van der Waals surface area contributed by atoms with Crippen molar-refractivity contribution in [3.05, 3.63) is 71.8 Å². The fraction of sp³-hybridized carbons (Fsp3) is 0.238. The van der Waals surface area contributed by atoms with E-state index < -0.39 is 6.10 Å². The van der Waals surface area contributed by atoms with Crippen LogP contribution in [0.1, 0.15) is 41.7 Å². The number of fused-ring (bicyclic) bond motifs is 2. The molecule has 7 heteroatoms. The van der Waals surface area contributed by atoms with Crippen molar-refractivity contribution in [2.45, 2.75) is 26.5 Å². The summed E-state index contributed by atoms with van der Waals surface area (Å²) in [6.07, 6.45) is 2.65. The zero-order valence-corrected chi connectivity index (χ0v) is 15.7. The maximum atomic E-state index is 12.7. The third kappa shape index (κ3) is 3.32. The van der Waals surface area contributed by atoms with E-state index in [-0.39, 0.29) is 11.8 Å². The van der Waals surface area contributed by atoms with Gasteiger partial charge in [0.05, 0.1) is 11.1 Å². The summed E-state index contributed by atoms with van der Waals surface area (Å²) in [6.45, 7) is 4.20. The molecule has 0 saturated heterocycles. The summed E-state index contributed by atoms with van der Waals surface area (Å²) >= 11 is 0. The van der Waals surface area contributed by atoms with Crippen LogP contribution in [0.3, 0.4) is 0 Å². The first-order chi connectivity index (χ1) is 13.5. The molecule has 7 nitrogen and oxygen atoms in total. The van der Waals surface area contributed by atoms with E-state index in [9.17, 15) is 9.90 Å². The van der Waals surface area contributed by atoms with Gasteiger partial charge in [0.25, 0.3) is 5.91 Å². The summed E-state index contributed by atoms with van der Waals surface area (Å²) in [5.74, 6) is 0.214. The van der Waals surface area contributed by atoms with Crippen LogP contribution in [0.5, 0.6) is 0 Å². The van der Waals surface area contributed by atoms with E-state index in [0.717, 1.165) is 16.5 Å². The number of benzene rings is 1. The average Bonchev–Trinajstić information content (AvgIpc) is 3.14. The van der Waals surface area contributed by atoms with Gasteiger partial charge < -0.3 is 10.4 Å². The number of carbonyl (C=O) groups is 1. The van der Waals surface area contributed by atoms with Crippen molar-refractivity contribution in [2.75, 3.05) is 0 Å². The van der Waals surface area contributed by atoms with E-state index in [2.05, 4.69) is 20.5 Å². The molecule has 0 aliphatic rings. The average molecular weight is 375 g/mol. The van der Waals surface area contributed by atoms with Crippen molar-refractivity contribution < 1.29 is 9.90 Å². The second-order valence-corrected chi connectivity index (χ2v) is 7.06. The number of nitrogens with zero attached hydrogens (tertiary/aromatic N) is 4. The van der Waals surface area contributed by atoms with Crippen molar-refractivity contribution in [1.29, 1.82) is 0 Å². The van der Waals surface area contributed by atoms with Gasteiger partial charge in [-0.15, -0.1) is 10.2 Å². The predicted molar refractivity (Wildman–Crippen MR) is 106 cm³/mol. The molecule has 1 unspecified atom stereocenters. The topological polar surface area (TPSA) is 92.4 Å². The molecule has 0 bridgehead atoms. The minimum absolute atomic E-state index is 0.00939. The number of para-hydroxylation sites is 1. The summed E-state index contributed by atoms with van der Waals surface area (Å²) in [6, 6.07) is 13.2. The lowest BCUT2D eigenvalue weighted by molar-refractivity contribution is 0.0949. The van der Waals surface area contributed by atoms with E-state index in [1.54, 1.807) is 28.9 Å². The molecule has 4 rings (SSSR count). The summed E-state index contributed by atoms with van der Waals surface area (Å²) in [5, 5.41) is 22.4. The van der Waals surface area contributed by atoms with Gasteiger partial charge >= 0.3 is 0 Å². The summed E-state index contributed by atoms with van der Waals surface area (Å²) in [4.78, 5) is 17.0. The molecule has 142 valence electrons. The molecule has 1 amide bonds. The van der Waals surface area contributed by atoms with Crippen LogP contribution in [0.2, 0.25) is 0 Å². The van der Waals surface area contributed by atoms with Crippen molar-refractivity contribution in [3.63, 3.8) is 0 Å². The summed E-state index contributed by atoms with van der Waals surface area (Å²) in [5.41, 5.74) is 2.96. The van der Waals surface area contributed by atoms with Crippen LogP contribution in [0.25, 0.3) is 16.6 Å². The number of hydrogen-bond donors (Lipinski definition) is 2. The highest BCUT2D eigenvalue weighted by atomic mass is 16.3. The third-order valence-corrected chi connectivity index (χ3v) is 4.77. The van der Waals surface area contributed by atoms with E-state index in [1.165, 1.54) is 0 Å². The van der Waals surface area contributed by atoms with Gasteiger partial charge in [0.15, 0.2) is 11.5 Å². The second-order valence-electron chi connectivity index (χ2n) is 7.06. The maximum absolute atomic E-state index is 12.7. The minimum Gasteiger partial charge on any atom is -0.385 e. The van der Waals surface area contributed by atoms with Crippen molar-refractivity contribution in [2.24, 2.45) is 5.92 Å². The van der Waals surface area contributed by atoms with Crippen molar-refractivity contribution >= 4 is 22.5 Å². The molecule has 0 aliphatic carbocycles. The van der Waals surface area contributed by atoms with Crippen LogP contribution in [0.4, 0.5) is 0 Å². The maximum Gasteiger partial charge on any atom is 0.253 e. The molecule has 3 heterocycles. The fourth-order valence-corrected chi connectivity index (χ4v) is 3.13. The standard InChI is InChI=1S/C21H21N5O2/c1-13(2)19(27)20-25-24-18-8-7-15(12-26(18)20)21(28)23-11-14-9-10-22-17-6-4-3-5-16(14)17/h3-10,12-13,19,27H,11H2,1-2H3,(H,23,28). The number of aliphatic hydroxyl groups is 1. The molecule has 0 spiro atoms. The van der Waals surface area contributed by atoms with Gasteiger partial charge in [0, 0.05) is 24.3 Å². The van der Waals surface area contributed by atoms with Gasteiger partial charge in [-0.05, 0) is 35.7 Å². The predicted octanol–water partition coefficient (Wildman–Crippen LogP) is 2.90. The Hall–Kier alpha value is -3.32. The normalized spacial score (nSPS) is 12.6. The van der Waals surface area contributed by atoms with Crippen LogP contribution < -0.4 is 5.32 Å². The molecule has 1 aromatic carbocycles. The molecule has 0 saturated carbocycles. The molecule has 4 aromatic rings. The molecular formula is C21H21N5O2. The van der Waals surface area contributed by atoms with Crippen LogP contribution in [-0.2, 0) is 6.54 Å². The quantitative estimate of drug-likeness (QED) is 0.560. The van der Waals surface area contributed by atoms with Gasteiger partial charge in [-0.1, -0.05) is 32.0 Å². The number of pyridine rings is 2. The Balaban J connectivity index is 1.58. The van der Waals surface area contributed by atoms with Crippen LogP contribution in [0.15, 0.2) is 54.9 Å². The molecule has 0 fully saturated rings. The highest BCUT2D eigenvalue weighted by Crippen LogP contribution is 2.21. The summed E-state index contributed by atoms with van der Waals surface area (Å²) in [7, 11) is 0. The smallest absolute Gasteiger partial charge is 0.253 e. The van der Waals surface area contributed by atoms with Gasteiger partial charge in [-0.25, -0.2) is 0 Å². The number of rotatable bonds is 5. The molecular weight excluding hydrogens is 354 g/mol. The lowest BCUT2D eigenvalue weighted by Crippen LogP contribution is -2.23. The Labute approximate surface area is 162 Å². The minimum atomic E-state index is -0.753. The Morgan fingerprint density at radius 3 is 2.79 bits per heavy atom. The first kappa shape index (κ1) is 18.1. The first-order valence-electron chi connectivity index (χ1n) is 9.18. The highest BCUT2D eigenvalue weighted by molar-refractivity contribution is 5.94. The lowest BCUT2D eigenvalue weighted by atomic mass is 10.1. The van der Waals surface area contributed by atoms with E-state index in [1.807, 2.05) is 44.2 Å². The number of nitrogens with one attached hydrogen (secondary N) is 1. The van der Waals surface area contributed by atoms with Crippen LogP contribution in [-0.4, -0.2) is 30.6 Å². The highest BCUT2D eigenvalue weighted by Gasteiger charge is 2.19. The van der Waals surface area contributed by atoms with Crippen LogP contribution in [0, 0.1) is 5.92 Å². The number of amides is 1. The van der Waals surface area contributed by atoms with Crippen LogP contribution >= 0.6 is 0 Å². The number of aliphatic hydroxyl groups excluding tert-OH is 1. The number of hydrogen-bond acceptors (Lipinski definition) is 5. The van der Waals surface area contributed by atoms with Gasteiger partial charge in [0.1, 0.15) is 6.10 Å². The zero-order chi connectivity index (χ0) is 19.7. The molecule has 0 radical (unpaired) electrons. The van der Waals surface area contributed by atoms with E-state index in [4.69, 9.17) is 0 Å².